The summed E-state index contributed by atoms with van der Waals surface area (Å²) in [6.45, 7) is -0.504. The topological polar surface area (TPSA) is 72.2 Å². The van der Waals surface area contributed by atoms with Gasteiger partial charge in [-0.2, -0.15) is 0 Å². The van der Waals surface area contributed by atoms with E-state index in [9.17, 15) is 19.3 Å². The number of amides is 1. The van der Waals surface area contributed by atoms with Crippen LogP contribution in [-0.2, 0) is 0 Å². The Morgan fingerprint density at radius 2 is 2.06 bits per heavy atom. The van der Waals surface area contributed by atoms with Crippen LogP contribution in [-0.4, -0.2) is 23.7 Å². The summed E-state index contributed by atoms with van der Waals surface area (Å²) in [6.07, 6.45) is -2.02. The van der Waals surface area contributed by atoms with Gasteiger partial charge in [-0.15, -0.1) is 0 Å². The molecule has 1 unspecified atom stereocenters. The lowest BCUT2D eigenvalue weighted by atomic mass is 10.2. The average Bonchev–Trinajstić information content (AvgIpc) is 2.27. The van der Waals surface area contributed by atoms with Crippen LogP contribution in [0.3, 0.4) is 0 Å². The number of carbonyl (C=O) groups is 1. The maximum absolute atomic E-state index is 13.1. The van der Waals surface area contributed by atoms with Crippen LogP contribution in [0.25, 0.3) is 0 Å². The summed E-state index contributed by atoms with van der Waals surface area (Å²) in [5.74, 6) is -0.573. The highest BCUT2D eigenvalue weighted by Crippen LogP contribution is 2.01. The van der Waals surface area contributed by atoms with Gasteiger partial charge in [-0.1, -0.05) is 18.2 Å². The van der Waals surface area contributed by atoms with Crippen molar-refractivity contribution in [3.8, 4) is 0 Å². The van der Waals surface area contributed by atoms with Gasteiger partial charge in [0.15, 0.2) is 6.30 Å². The number of benzene rings is 1. The molecule has 1 aromatic rings. The minimum absolute atomic E-state index is 0.325. The van der Waals surface area contributed by atoms with Gasteiger partial charge in [-0.3, -0.25) is 14.9 Å². The van der Waals surface area contributed by atoms with Gasteiger partial charge in [-0.25, -0.2) is 4.39 Å². The molecule has 1 atom stereocenters. The normalized spacial score (nSPS) is 11.8. The number of hydrogen-bond donors (Lipinski definition) is 1. The van der Waals surface area contributed by atoms with Gasteiger partial charge in [-0.05, 0) is 12.1 Å². The second kappa shape index (κ2) is 5.79. The summed E-state index contributed by atoms with van der Waals surface area (Å²) >= 11 is 0. The van der Waals surface area contributed by atoms with E-state index in [0.29, 0.717) is 5.56 Å². The predicted octanol–water partition coefficient (Wildman–Crippen LogP) is 1.38. The molecule has 86 valence electrons. The largest absolute Gasteiger partial charge is 0.322 e. The van der Waals surface area contributed by atoms with E-state index in [1.54, 1.807) is 18.2 Å². The molecule has 1 aromatic carbocycles. The van der Waals surface area contributed by atoms with Crippen molar-refractivity contribution in [1.29, 1.82) is 0 Å². The van der Waals surface area contributed by atoms with Crippen LogP contribution in [0.5, 0.6) is 0 Å². The fourth-order valence-corrected chi connectivity index (χ4v) is 1.11. The maximum atomic E-state index is 13.1. The van der Waals surface area contributed by atoms with Crippen LogP contribution in [0, 0.1) is 10.1 Å². The van der Waals surface area contributed by atoms with Gasteiger partial charge < -0.3 is 5.32 Å². The molecular formula is C10H11FN2O3. The quantitative estimate of drug-likeness (QED) is 0.468. The number of carbonyl (C=O) groups excluding carboxylic acids is 1. The molecule has 0 aromatic heterocycles. The molecule has 16 heavy (non-hydrogen) atoms. The molecule has 0 aliphatic rings. The molecule has 0 radical (unpaired) electrons. The highest BCUT2D eigenvalue weighted by molar-refractivity contribution is 5.94. The first-order valence-electron chi connectivity index (χ1n) is 4.71. The van der Waals surface area contributed by atoms with Crippen molar-refractivity contribution in [3.63, 3.8) is 0 Å². The van der Waals surface area contributed by atoms with Crippen LogP contribution >= 0.6 is 0 Å². The molecule has 1 rings (SSSR count). The second-order valence-electron chi connectivity index (χ2n) is 3.15. The van der Waals surface area contributed by atoms with Crippen LogP contribution in [0.1, 0.15) is 16.8 Å². The zero-order valence-electron chi connectivity index (χ0n) is 8.43. The van der Waals surface area contributed by atoms with Gasteiger partial charge in [0, 0.05) is 10.5 Å². The third kappa shape index (κ3) is 4.04. The smallest absolute Gasteiger partial charge is 0.253 e. The number of hydrogen-bond acceptors (Lipinski definition) is 3. The molecule has 1 N–H and O–H groups in total. The molecule has 0 fully saturated rings. The van der Waals surface area contributed by atoms with E-state index in [1.807, 2.05) is 5.32 Å². The van der Waals surface area contributed by atoms with Gasteiger partial charge in [0.05, 0.1) is 6.42 Å². The first kappa shape index (κ1) is 12.1. The van der Waals surface area contributed by atoms with E-state index >= 15 is 0 Å². The lowest BCUT2D eigenvalue weighted by Crippen LogP contribution is -2.32. The lowest BCUT2D eigenvalue weighted by molar-refractivity contribution is -0.481. The highest BCUT2D eigenvalue weighted by Gasteiger charge is 2.14. The third-order valence-electron chi connectivity index (χ3n) is 1.89. The number of alkyl halides is 1. The Balaban J connectivity index is 2.43. The zero-order chi connectivity index (χ0) is 12.0. The van der Waals surface area contributed by atoms with Crippen molar-refractivity contribution in [2.45, 2.75) is 12.7 Å². The van der Waals surface area contributed by atoms with E-state index in [0.717, 1.165) is 0 Å². The maximum Gasteiger partial charge on any atom is 0.253 e. The average molecular weight is 226 g/mol. The standard InChI is InChI=1S/C10H11FN2O3/c11-9(6-7-13(15)16)12-10(14)8-4-2-1-3-5-8/h1-5,9H,6-7H2,(H,12,14). The van der Waals surface area contributed by atoms with Gasteiger partial charge in [0.2, 0.25) is 6.54 Å². The Hall–Kier alpha value is -1.98. The number of nitro groups is 1. The van der Waals surface area contributed by atoms with Crippen molar-refractivity contribution in [2.75, 3.05) is 6.54 Å². The van der Waals surface area contributed by atoms with Gasteiger partial charge in [0.25, 0.3) is 5.91 Å². The predicted molar refractivity (Wildman–Crippen MR) is 55.3 cm³/mol. The Kier molecular flexibility index (Phi) is 4.38. The molecule has 0 bridgehead atoms. The van der Waals surface area contributed by atoms with Crippen molar-refractivity contribution in [2.24, 2.45) is 0 Å². The Morgan fingerprint density at radius 3 is 2.62 bits per heavy atom. The number of nitrogens with zero attached hydrogens (tertiary/aromatic N) is 1. The summed E-state index contributed by atoms with van der Waals surface area (Å²) in [5.41, 5.74) is 0.325. The first-order chi connectivity index (χ1) is 7.59. The summed E-state index contributed by atoms with van der Waals surface area (Å²) in [4.78, 5) is 20.7. The van der Waals surface area contributed by atoms with E-state index in [2.05, 4.69) is 0 Å². The first-order valence-corrected chi connectivity index (χ1v) is 4.71. The molecule has 0 heterocycles. The third-order valence-corrected chi connectivity index (χ3v) is 1.89. The lowest BCUT2D eigenvalue weighted by Gasteiger charge is -2.08. The van der Waals surface area contributed by atoms with Crippen molar-refractivity contribution >= 4 is 5.91 Å². The fraction of sp³-hybridized carbons (Fsp3) is 0.300. The van der Waals surface area contributed by atoms with Crippen LogP contribution in [0.15, 0.2) is 30.3 Å². The molecule has 6 heteroatoms. The van der Waals surface area contributed by atoms with Crippen molar-refractivity contribution in [3.05, 3.63) is 46.0 Å². The molecule has 0 saturated heterocycles. The summed E-state index contributed by atoms with van der Waals surface area (Å²) in [6, 6.07) is 8.11. The SMILES string of the molecule is O=C(NC(F)CC[N+](=O)[O-])c1ccccc1. The van der Waals surface area contributed by atoms with Gasteiger partial charge >= 0.3 is 0 Å². The van der Waals surface area contributed by atoms with E-state index < -0.39 is 23.7 Å². The van der Waals surface area contributed by atoms with Gasteiger partial charge in [0.1, 0.15) is 0 Å². The fourth-order valence-electron chi connectivity index (χ4n) is 1.11. The monoisotopic (exact) mass is 226 g/mol. The van der Waals surface area contributed by atoms with Crippen LogP contribution in [0.2, 0.25) is 0 Å². The molecule has 0 aliphatic heterocycles. The Morgan fingerprint density at radius 1 is 1.44 bits per heavy atom. The van der Waals surface area contributed by atoms with E-state index in [4.69, 9.17) is 0 Å². The highest BCUT2D eigenvalue weighted by atomic mass is 19.1. The summed E-state index contributed by atoms with van der Waals surface area (Å²) in [7, 11) is 0. The van der Waals surface area contributed by atoms with Crippen LogP contribution < -0.4 is 5.32 Å². The minimum atomic E-state index is -1.70. The number of halogens is 1. The molecular weight excluding hydrogens is 215 g/mol. The molecule has 0 spiro atoms. The zero-order valence-corrected chi connectivity index (χ0v) is 8.43. The molecule has 5 nitrogen and oxygen atoms in total. The summed E-state index contributed by atoms with van der Waals surface area (Å²) < 4.78 is 13.1. The molecule has 0 saturated carbocycles. The van der Waals surface area contributed by atoms with E-state index in [1.165, 1.54) is 12.1 Å². The second-order valence-corrected chi connectivity index (χ2v) is 3.15. The number of nitrogens with one attached hydrogen (secondary N) is 1. The van der Waals surface area contributed by atoms with Crippen molar-refractivity contribution in [1.82, 2.24) is 5.32 Å². The summed E-state index contributed by atoms with van der Waals surface area (Å²) in [5, 5.41) is 12.0. The molecule has 1 amide bonds. The number of rotatable bonds is 5. The van der Waals surface area contributed by atoms with Crippen LogP contribution in [0.4, 0.5) is 4.39 Å². The Bertz CT molecular complexity index is 370. The Labute approximate surface area is 91.4 Å². The van der Waals surface area contributed by atoms with Crippen molar-refractivity contribution < 1.29 is 14.1 Å². The molecule has 0 aliphatic carbocycles. The van der Waals surface area contributed by atoms with E-state index in [-0.39, 0.29) is 6.42 Å². The minimum Gasteiger partial charge on any atom is -0.322 e.